The zero-order valence-electron chi connectivity index (χ0n) is 15.5. The maximum absolute atomic E-state index is 12.5. The second kappa shape index (κ2) is 6.38. The number of piperidine rings is 1. The summed E-state index contributed by atoms with van der Waals surface area (Å²) in [5.74, 6) is 0.206. The molecule has 0 saturated carbocycles. The van der Waals surface area contributed by atoms with E-state index < -0.39 is 0 Å². The number of amides is 1. The van der Waals surface area contributed by atoms with Gasteiger partial charge in [-0.1, -0.05) is 52.9 Å². The number of likely N-dealkylation sites (N-methyl/N-ethyl adjacent to an activating group) is 1. The van der Waals surface area contributed by atoms with Crippen molar-refractivity contribution in [3.8, 4) is 0 Å². The summed E-state index contributed by atoms with van der Waals surface area (Å²) in [5.41, 5.74) is -0.302. The lowest BCUT2D eigenvalue weighted by molar-refractivity contribution is -0.140. The first-order chi connectivity index (χ1) is 10.5. The van der Waals surface area contributed by atoms with E-state index in [-0.39, 0.29) is 22.8 Å². The van der Waals surface area contributed by atoms with Crippen molar-refractivity contribution < 1.29 is 4.79 Å². The molecule has 0 aromatic carbocycles. The Morgan fingerprint density at radius 2 is 1.87 bits per heavy atom. The topological polar surface area (TPSA) is 49.3 Å². The van der Waals surface area contributed by atoms with E-state index >= 15 is 0 Å². The smallest absolute Gasteiger partial charge is 0.227 e. The minimum Gasteiger partial charge on any atom is -0.345 e. The Morgan fingerprint density at radius 1 is 1.22 bits per heavy atom. The highest BCUT2D eigenvalue weighted by Crippen LogP contribution is 2.32. The van der Waals surface area contributed by atoms with E-state index in [2.05, 4.69) is 35.9 Å². The molecule has 0 N–H and O–H groups in total. The third-order valence-electron chi connectivity index (χ3n) is 4.23. The Bertz CT molecular complexity index is 556. The standard InChI is InChI=1S/C17H30N4OS/c1-16(2,3)13-18-19-15(23-13)21-10-8-9-12(11-21)20(7)14(22)17(4,5)6/h12H,8-11H2,1-7H3. The number of anilines is 1. The van der Waals surface area contributed by atoms with Crippen LogP contribution in [0, 0.1) is 5.41 Å². The fourth-order valence-corrected chi connectivity index (χ4v) is 3.72. The third-order valence-corrected chi connectivity index (χ3v) is 5.64. The fraction of sp³-hybridized carbons (Fsp3) is 0.824. The van der Waals surface area contributed by atoms with Crippen LogP contribution in [0.25, 0.3) is 0 Å². The van der Waals surface area contributed by atoms with Crippen LogP contribution in [-0.2, 0) is 10.2 Å². The van der Waals surface area contributed by atoms with E-state index in [1.165, 1.54) is 0 Å². The summed E-state index contributed by atoms with van der Waals surface area (Å²) in [6.07, 6.45) is 2.14. The lowest BCUT2D eigenvalue weighted by Gasteiger charge is -2.39. The van der Waals surface area contributed by atoms with Gasteiger partial charge in [-0.2, -0.15) is 0 Å². The fourth-order valence-electron chi connectivity index (χ4n) is 2.79. The highest BCUT2D eigenvalue weighted by atomic mass is 32.1. The second-order valence-corrected chi connectivity index (χ2v) is 9.50. The van der Waals surface area contributed by atoms with Crippen LogP contribution in [0.4, 0.5) is 5.13 Å². The van der Waals surface area contributed by atoms with E-state index in [0.717, 1.165) is 36.1 Å². The zero-order chi connectivity index (χ0) is 17.4. The van der Waals surface area contributed by atoms with Gasteiger partial charge in [0.1, 0.15) is 5.01 Å². The largest absolute Gasteiger partial charge is 0.345 e. The molecule has 23 heavy (non-hydrogen) atoms. The molecular weight excluding hydrogens is 308 g/mol. The van der Waals surface area contributed by atoms with Crippen molar-refractivity contribution in [3.05, 3.63) is 5.01 Å². The monoisotopic (exact) mass is 338 g/mol. The molecule has 0 spiro atoms. The van der Waals surface area contributed by atoms with Gasteiger partial charge in [-0.25, -0.2) is 0 Å². The Morgan fingerprint density at radius 3 is 2.39 bits per heavy atom. The molecular formula is C17H30N4OS. The number of nitrogens with zero attached hydrogens (tertiary/aromatic N) is 4. The molecule has 1 aromatic heterocycles. The van der Waals surface area contributed by atoms with Gasteiger partial charge in [0.2, 0.25) is 11.0 Å². The van der Waals surface area contributed by atoms with Crippen LogP contribution in [0.2, 0.25) is 0 Å². The number of aromatic nitrogens is 2. The first-order valence-electron chi connectivity index (χ1n) is 8.36. The summed E-state index contributed by atoms with van der Waals surface area (Å²) in [5, 5.41) is 10.8. The van der Waals surface area contributed by atoms with Crippen molar-refractivity contribution in [2.45, 2.75) is 65.8 Å². The minimum atomic E-state index is -0.334. The predicted molar refractivity (Wildman–Crippen MR) is 96.1 cm³/mol. The molecule has 1 aromatic rings. The first kappa shape index (κ1) is 18.2. The van der Waals surface area contributed by atoms with Crippen molar-refractivity contribution in [1.82, 2.24) is 15.1 Å². The average Bonchev–Trinajstić information content (AvgIpc) is 2.94. The molecule has 2 heterocycles. The van der Waals surface area contributed by atoms with Crippen LogP contribution in [0.1, 0.15) is 59.4 Å². The molecule has 6 heteroatoms. The molecule has 0 bridgehead atoms. The maximum Gasteiger partial charge on any atom is 0.227 e. The zero-order valence-corrected chi connectivity index (χ0v) is 16.3. The summed E-state index contributed by atoms with van der Waals surface area (Å²) < 4.78 is 0. The molecule has 1 unspecified atom stereocenters. The van der Waals surface area contributed by atoms with E-state index in [9.17, 15) is 4.79 Å². The van der Waals surface area contributed by atoms with Crippen LogP contribution < -0.4 is 4.90 Å². The molecule has 1 aliphatic rings. The summed E-state index contributed by atoms with van der Waals surface area (Å²) in [6, 6.07) is 0.248. The van der Waals surface area contributed by atoms with Crippen LogP contribution in [0.15, 0.2) is 0 Å². The van der Waals surface area contributed by atoms with Crippen molar-refractivity contribution in [2.24, 2.45) is 5.41 Å². The minimum absolute atomic E-state index is 0.0318. The molecule has 0 radical (unpaired) electrons. The molecule has 1 aliphatic heterocycles. The van der Waals surface area contributed by atoms with Gasteiger partial charge < -0.3 is 9.80 Å². The summed E-state index contributed by atoms with van der Waals surface area (Å²) in [4.78, 5) is 16.7. The summed E-state index contributed by atoms with van der Waals surface area (Å²) in [6.45, 7) is 14.3. The molecule has 2 rings (SSSR count). The van der Waals surface area contributed by atoms with Crippen LogP contribution >= 0.6 is 11.3 Å². The number of carbonyl (C=O) groups is 1. The second-order valence-electron chi connectivity index (χ2n) is 8.55. The van der Waals surface area contributed by atoms with Crippen LogP contribution in [0.3, 0.4) is 0 Å². The van der Waals surface area contributed by atoms with Crippen molar-refractivity contribution in [3.63, 3.8) is 0 Å². The molecule has 0 aliphatic carbocycles. The maximum atomic E-state index is 12.5. The summed E-state index contributed by atoms with van der Waals surface area (Å²) >= 11 is 1.67. The molecule has 1 amide bonds. The Hall–Kier alpha value is -1.17. The Labute approximate surface area is 144 Å². The Balaban J connectivity index is 2.09. The lowest BCUT2D eigenvalue weighted by Crippen LogP contribution is -2.51. The highest BCUT2D eigenvalue weighted by molar-refractivity contribution is 7.15. The van der Waals surface area contributed by atoms with E-state index in [4.69, 9.17) is 0 Å². The Kier molecular flexibility index (Phi) is 5.04. The first-order valence-corrected chi connectivity index (χ1v) is 9.18. The van der Waals surface area contributed by atoms with Crippen LogP contribution in [-0.4, -0.2) is 47.2 Å². The molecule has 130 valence electrons. The van der Waals surface area contributed by atoms with Crippen molar-refractivity contribution in [2.75, 3.05) is 25.0 Å². The van der Waals surface area contributed by atoms with Gasteiger partial charge in [-0.3, -0.25) is 4.79 Å². The van der Waals surface area contributed by atoms with E-state index in [1.54, 1.807) is 11.3 Å². The average molecular weight is 339 g/mol. The lowest BCUT2D eigenvalue weighted by atomic mass is 9.93. The quantitative estimate of drug-likeness (QED) is 0.830. The van der Waals surface area contributed by atoms with Gasteiger partial charge in [-0.05, 0) is 12.8 Å². The van der Waals surface area contributed by atoms with Crippen molar-refractivity contribution in [1.29, 1.82) is 0 Å². The molecule has 1 atom stereocenters. The van der Waals surface area contributed by atoms with E-state index in [1.807, 2.05) is 32.7 Å². The molecule has 5 nitrogen and oxygen atoms in total. The predicted octanol–water partition coefficient (Wildman–Crippen LogP) is 3.31. The van der Waals surface area contributed by atoms with E-state index in [0.29, 0.717) is 0 Å². The van der Waals surface area contributed by atoms with Gasteiger partial charge in [0.25, 0.3) is 0 Å². The van der Waals surface area contributed by atoms with Gasteiger partial charge >= 0.3 is 0 Å². The molecule has 1 fully saturated rings. The third kappa shape index (κ3) is 4.22. The van der Waals surface area contributed by atoms with Gasteiger partial charge in [0.15, 0.2) is 0 Å². The molecule has 1 saturated heterocycles. The normalized spacial score (nSPS) is 19.8. The summed E-state index contributed by atoms with van der Waals surface area (Å²) in [7, 11) is 1.93. The van der Waals surface area contributed by atoms with Crippen molar-refractivity contribution >= 4 is 22.4 Å². The number of rotatable bonds is 2. The number of hydrogen-bond donors (Lipinski definition) is 0. The number of hydrogen-bond acceptors (Lipinski definition) is 5. The SMILES string of the molecule is CN(C(=O)C(C)(C)C)C1CCCN(c2nnc(C(C)(C)C)s2)C1. The number of carbonyl (C=O) groups excluding carboxylic acids is 1. The van der Waals surface area contributed by atoms with Gasteiger partial charge in [0, 0.05) is 37.0 Å². The van der Waals surface area contributed by atoms with Gasteiger partial charge in [-0.15, -0.1) is 10.2 Å². The van der Waals surface area contributed by atoms with Gasteiger partial charge in [0.05, 0.1) is 0 Å². The highest BCUT2D eigenvalue weighted by Gasteiger charge is 2.33. The van der Waals surface area contributed by atoms with Crippen LogP contribution in [0.5, 0.6) is 0 Å².